The van der Waals surface area contributed by atoms with E-state index in [-0.39, 0.29) is 18.5 Å². The van der Waals surface area contributed by atoms with Gasteiger partial charge in [-0.05, 0) is 37.0 Å². The van der Waals surface area contributed by atoms with Gasteiger partial charge in [-0.1, -0.05) is 49.9 Å². The number of aryl methyl sites for hydroxylation is 2. The molecule has 1 fully saturated rings. The van der Waals surface area contributed by atoms with Crippen LogP contribution in [0.1, 0.15) is 37.5 Å². The van der Waals surface area contributed by atoms with Crippen LogP contribution in [0.4, 0.5) is 0 Å². The zero-order chi connectivity index (χ0) is 20.6. The molecule has 1 spiro atoms. The summed E-state index contributed by atoms with van der Waals surface area (Å²) in [5, 5.41) is 4.92. The first kappa shape index (κ1) is 19.1. The molecule has 1 saturated heterocycles. The van der Waals surface area contributed by atoms with E-state index >= 15 is 0 Å². The second-order valence-corrected chi connectivity index (χ2v) is 7.03. The number of aromatic nitrogens is 1. The fourth-order valence-corrected chi connectivity index (χ4v) is 4.22. The van der Waals surface area contributed by atoms with Gasteiger partial charge >= 0.3 is 5.95 Å². The Morgan fingerprint density at radius 1 is 1.31 bits per heavy atom. The Hall–Kier alpha value is -3.28. The molecule has 2 aliphatic heterocycles. The van der Waals surface area contributed by atoms with Gasteiger partial charge in [0.15, 0.2) is 0 Å². The monoisotopic (exact) mass is 392 g/mol. The van der Waals surface area contributed by atoms with E-state index in [1.807, 2.05) is 19.1 Å². The van der Waals surface area contributed by atoms with Crippen LogP contribution in [-0.4, -0.2) is 22.7 Å². The number of hydrogen-bond donors (Lipinski definition) is 0. The van der Waals surface area contributed by atoms with E-state index < -0.39 is 5.41 Å². The van der Waals surface area contributed by atoms with Crippen molar-refractivity contribution in [1.29, 1.82) is 0 Å². The SMILES string of the molecule is C=C/C=C1\C(=C/C)N(Oc2ccno2)C(=O)C12COc1cc(CC)c(CC)cc12. The highest BCUT2D eigenvalue weighted by Gasteiger charge is 2.60. The third kappa shape index (κ3) is 2.70. The zero-order valence-corrected chi connectivity index (χ0v) is 16.9. The molecule has 3 heterocycles. The number of allylic oxidation sites excluding steroid dienone is 4. The maximum absolute atomic E-state index is 13.8. The largest absolute Gasteiger partial charge is 0.491 e. The highest BCUT2D eigenvalue weighted by Crippen LogP contribution is 2.53. The molecule has 0 N–H and O–H groups in total. The molecule has 6 nitrogen and oxygen atoms in total. The molecule has 2 aromatic rings. The Kier molecular flexibility index (Phi) is 4.78. The molecule has 0 saturated carbocycles. The van der Waals surface area contributed by atoms with E-state index in [4.69, 9.17) is 14.1 Å². The maximum atomic E-state index is 13.8. The van der Waals surface area contributed by atoms with Crippen LogP contribution >= 0.6 is 0 Å². The number of carbonyl (C=O) groups excluding carboxylic acids is 1. The van der Waals surface area contributed by atoms with Crippen molar-refractivity contribution >= 4 is 5.91 Å². The van der Waals surface area contributed by atoms with Gasteiger partial charge in [-0.3, -0.25) is 4.79 Å². The van der Waals surface area contributed by atoms with Gasteiger partial charge in [0.25, 0.3) is 5.91 Å². The van der Waals surface area contributed by atoms with Gasteiger partial charge in [0.1, 0.15) is 17.8 Å². The van der Waals surface area contributed by atoms with Crippen LogP contribution in [-0.2, 0) is 23.1 Å². The topological polar surface area (TPSA) is 64.8 Å². The Bertz CT molecular complexity index is 1020. The minimum absolute atomic E-state index is 0.141. The normalized spacial score (nSPS) is 23.1. The Balaban J connectivity index is 1.90. The van der Waals surface area contributed by atoms with Crippen LogP contribution in [0.2, 0.25) is 0 Å². The number of nitrogens with zero attached hydrogens (tertiary/aromatic N) is 2. The molecule has 2 aliphatic rings. The van der Waals surface area contributed by atoms with Gasteiger partial charge in [-0.15, -0.1) is 5.06 Å². The Morgan fingerprint density at radius 3 is 2.69 bits per heavy atom. The Morgan fingerprint density at radius 2 is 2.07 bits per heavy atom. The number of benzene rings is 1. The lowest BCUT2D eigenvalue weighted by atomic mass is 9.75. The predicted molar refractivity (Wildman–Crippen MR) is 108 cm³/mol. The van der Waals surface area contributed by atoms with Gasteiger partial charge in [0.2, 0.25) is 0 Å². The van der Waals surface area contributed by atoms with Gasteiger partial charge in [0.05, 0.1) is 11.9 Å². The minimum Gasteiger partial charge on any atom is -0.491 e. The fraction of sp³-hybridized carbons (Fsp3) is 0.304. The van der Waals surface area contributed by atoms with Crippen LogP contribution in [0.5, 0.6) is 11.7 Å². The molecular weight excluding hydrogens is 368 g/mol. The first-order valence-corrected chi connectivity index (χ1v) is 9.82. The van der Waals surface area contributed by atoms with Crippen molar-refractivity contribution in [2.24, 2.45) is 0 Å². The highest BCUT2D eigenvalue weighted by molar-refractivity contribution is 6.00. The molecule has 1 amide bonds. The number of carbonyl (C=O) groups is 1. The summed E-state index contributed by atoms with van der Waals surface area (Å²) < 4.78 is 11.1. The van der Waals surface area contributed by atoms with Crippen molar-refractivity contribution in [1.82, 2.24) is 10.2 Å². The number of hydroxylamine groups is 2. The maximum Gasteiger partial charge on any atom is 0.337 e. The quantitative estimate of drug-likeness (QED) is 0.760. The van der Waals surface area contributed by atoms with E-state index in [0.717, 1.165) is 29.7 Å². The fourth-order valence-electron chi connectivity index (χ4n) is 4.22. The molecule has 4 rings (SSSR count). The van der Waals surface area contributed by atoms with Crippen LogP contribution < -0.4 is 9.57 Å². The Labute approximate surface area is 170 Å². The highest BCUT2D eigenvalue weighted by atomic mass is 16.8. The molecule has 0 radical (unpaired) electrons. The van der Waals surface area contributed by atoms with E-state index in [1.165, 1.54) is 22.4 Å². The van der Waals surface area contributed by atoms with Crippen LogP contribution in [0, 0.1) is 0 Å². The molecule has 1 atom stereocenters. The molecule has 6 heteroatoms. The molecule has 1 aromatic heterocycles. The summed E-state index contributed by atoms with van der Waals surface area (Å²) in [4.78, 5) is 19.5. The molecule has 1 unspecified atom stereocenters. The van der Waals surface area contributed by atoms with Crippen molar-refractivity contribution < 1.29 is 18.9 Å². The summed E-state index contributed by atoms with van der Waals surface area (Å²) in [7, 11) is 0. The summed E-state index contributed by atoms with van der Waals surface area (Å²) in [6.07, 6.45) is 8.65. The van der Waals surface area contributed by atoms with E-state index in [2.05, 4.69) is 37.7 Å². The van der Waals surface area contributed by atoms with Crippen LogP contribution in [0.25, 0.3) is 0 Å². The summed E-state index contributed by atoms with van der Waals surface area (Å²) in [6, 6.07) is 5.74. The average molecular weight is 392 g/mol. The third-order valence-electron chi connectivity index (χ3n) is 5.63. The summed E-state index contributed by atoms with van der Waals surface area (Å²) in [5.41, 5.74) is 3.78. The molecule has 0 aliphatic carbocycles. The van der Waals surface area contributed by atoms with Crippen LogP contribution in [0.15, 0.2) is 65.0 Å². The second kappa shape index (κ2) is 7.28. The smallest absolute Gasteiger partial charge is 0.337 e. The lowest BCUT2D eigenvalue weighted by Gasteiger charge is -2.22. The second-order valence-electron chi connectivity index (χ2n) is 7.03. The van der Waals surface area contributed by atoms with Gasteiger partial charge in [0, 0.05) is 17.2 Å². The number of fused-ring (bicyclic) bond motifs is 2. The van der Waals surface area contributed by atoms with E-state index in [0.29, 0.717) is 5.70 Å². The summed E-state index contributed by atoms with van der Waals surface area (Å²) >= 11 is 0. The minimum atomic E-state index is -0.985. The van der Waals surface area contributed by atoms with Crippen LogP contribution in [0.3, 0.4) is 0 Å². The first-order chi connectivity index (χ1) is 14.1. The van der Waals surface area contributed by atoms with Gasteiger partial charge < -0.3 is 14.1 Å². The number of rotatable bonds is 5. The number of hydrogen-bond acceptors (Lipinski definition) is 5. The predicted octanol–water partition coefficient (Wildman–Crippen LogP) is 4.28. The molecular formula is C23H24N2O4. The summed E-state index contributed by atoms with van der Waals surface area (Å²) in [5.74, 6) is 0.668. The lowest BCUT2D eigenvalue weighted by molar-refractivity contribution is -0.153. The standard InChI is InChI=1S/C23H24N2O4/c1-5-9-17-19(8-4)25(29-21-10-11-24-28-21)22(26)23(17)14-27-20-13-16(7-3)15(6-2)12-18(20)23/h5,8-13H,1,6-7,14H2,2-4H3/b17-9+,19-8+. The molecule has 29 heavy (non-hydrogen) atoms. The van der Waals surface area contributed by atoms with Crippen molar-refractivity contribution in [2.45, 2.75) is 39.0 Å². The van der Waals surface area contributed by atoms with Gasteiger partial charge in [-0.2, -0.15) is 0 Å². The van der Waals surface area contributed by atoms with Crippen molar-refractivity contribution in [3.8, 4) is 11.7 Å². The summed E-state index contributed by atoms with van der Waals surface area (Å²) in [6.45, 7) is 10.2. The van der Waals surface area contributed by atoms with Crippen molar-refractivity contribution in [3.05, 3.63) is 77.2 Å². The zero-order valence-electron chi connectivity index (χ0n) is 16.9. The van der Waals surface area contributed by atoms with E-state index in [9.17, 15) is 4.79 Å². The average Bonchev–Trinajstić information content (AvgIpc) is 3.43. The van der Waals surface area contributed by atoms with Gasteiger partial charge in [-0.25, -0.2) is 0 Å². The van der Waals surface area contributed by atoms with Crippen molar-refractivity contribution in [3.63, 3.8) is 0 Å². The molecule has 0 bridgehead atoms. The number of ether oxygens (including phenoxy) is 1. The number of amides is 1. The lowest BCUT2D eigenvalue weighted by Crippen LogP contribution is -2.41. The van der Waals surface area contributed by atoms with E-state index in [1.54, 1.807) is 12.1 Å². The first-order valence-electron chi connectivity index (χ1n) is 9.82. The molecule has 1 aromatic carbocycles. The molecule has 150 valence electrons. The third-order valence-corrected chi connectivity index (χ3v) is 5.63. The van der Waals surface area contributed by atoms with Crippen molar-refractivity contribution in [2.75, 3.05) is 6.61 Å².